The van der Waals surface area contributed by atoms with E-state index < -0.39 is 6.18 Å². The van der Waals surface area contributed by atoms with Crippen LogP contribution in [0, 0.1) is 0 Å². The summed E-state index contributed by atoms with van der Waals surface area (Å²) in [5.41, 5.74) is 0.522. The summed E-state index contributed by atoms with van der Waals surface area (Å²) in [6.07, 6.45) is -3.24. The molecule has 1 aromatic rings. The van der Waals surface area contributed by atoms with Crippen LogP contribution < -0.4 is 5.32 Å². The smallest absolute Gasteiger partial charge is 0.352 e. The summed E-state index contributed by atoms with van der Waals surface area (Å²) in [6.45, 7) is 0.340. The van der Waals surface area contributed by atoms with E-state index in [-0.39, 0.29) is 15.6 Å². The van der Waals surface area contributed by atoms with Crippen LogP contribution in [0.3, 0.4) is 0 Å². The molecule has 0 bridgehead atoms. The van der Waals surface area contributed by atoms with Gasteiger partial charge in [-0.3, -0.25) is 4.79 Å². The van der Waals surface area contributed by atoms with Gasteiger partial charge in [-0.2, -0.15) is 13.2 Å². The van der Waals surface area contributed by atoms with Crippen LogP contribution in [0.2, 0.25) is 0 Å². The Balaban J connectivity index is 2.33. The van der Waals surface area contributed by atoms with Crippen molar-refractivity contribution in [2.24, 2.45) is 0 Å². The van der Waals surface area contributed by atoms with Crippen molar-refractivity contribution in [2.45, 2.75) is 19.0 Å². The number of hydrogen-bond donors (Lipinski definition) is 1. The van der Waals surface area contributed by atoms with E-state index >= 15 is 0 Å². The first kappa shape index (κ1) is 17.5. The van der Waals surface area contributed by atoms with Crippen molar-refractivity contribution < 1.29 is 18.0 Å². The van der Waals surface area contributed by atoms with Gasteiger partial charge < -0.3 is 5.32 Å². The number of allylic oxidation sites excluding steroid dienone is 2. The summed E-state index contributed by atoms with van der Waals surface area (Å²) >= 11 is 4.93. The second-order valence-corrected chi connectivity index (χ2v) is 6.30. The number of alkyl halides is 3. The fraction of sp³-hybridized carbons (Fsp3) is 0.308. The number of carbonyl (C=O) groups is 1. The molecule has 20 heavy (non-hydrogen) atoms. The van der Waals surface area contributed by atoms with Gasteiger partial charge in [-0.25, -0.2) is 0 Å². The fourth-order valence-electron chi connectivity index (χ4n) is 1.41. The van der Waals surface area contributed by atoms with Crippen molar-refractivity contribution in [1.29, 1.82) is 0 Å². The van der Waals surface area contributed by atoms with Crippen molar-refractivity contribution in [2.75, 3.05) is 6.54 Å². The predicted octanol–water partition coefficient (Wildman–Crippen LogP) is 4.84. The highest BCUT2D eigenvalue weighted by atomic mass is 127. The molecule has 1 N–H and O–H groups in total. The zero-order valence-corrected chi connectivity index (χ0v) is 14.0. The maximum absolute atomic E-state index is 12.0. The number of amides is 1. The van der Waals surface area contributed by atoms with Crippen LogP contribution in [0.1, 0.15) is 23.2 Å². The minimum Gasteiger partial charge on any atom is -0.352 e. The van der Waals surface area contributed by atoms with Crippen LogP contribution in [-0.4, -0.2) is 18.6 Å². The molecule has 0 saturated heterocycles. The van der Waals surface area contributed by atoms with Crippen LogP contribution >= 0.6 is 38.5 Å². The standard InChI is InChI=1S/C13H12BrF3INO/c14-10-5-3-9(4-6-10)12(20)19-7-1-2-11(18)8-13(15,16)17/h3-6,8H,1-2,7H2,(H,19,20). The Bertz CT molecular complexity index is 485. The Morgan fingerprint density at radius 2 is 1.90 bits per heavy atom. The molecule has 0 saturated carbocycles. The second kappa shape index (κ2) is 8.02. The van der Waals surface area contributed by atoms with E-state index in [4.69, 9.17) is 0 Å². The van der Waals surface area contributed by atoms with Gasteiger partial charge in [-0.1, -0.05) is 15.9 Å². The zero-order valence-electron chi connectivity index (χ0n) is 10.3. The summed E-state index contributed by atoms with van der Waals surface area (Å²) < 4.78 is 37.2. The summed E-state index contributed by atoms with van der Waals surface area (Å²) in [7, 11) is 0. The SMILES string of the molecule is O=C(NCCCC(I)=CC(F)(F)F)c1ccc(Br)cc1. The van der Waals surface area contributed by atoms with Gasteiger partial charge in [0.15, 0.2) is 0 Å². The van der Waals surface area contributed by atoms with Gasteiger partial charge in [0, 0.05) is 22.7 Å². The minimum atomic E-state index is -4.28. The van der Waals surface area contributed by atoms with Gasteiger partial charge in [0.2, 0.25) is 0 Å². The maximum Gasteiger partial charge on any atom is 0.410 e. The van der Waals surface area contributed by atoms with Gasteiger partial charge in [-0.05, 0) is 63.3 Å². The van der Waals surface area contributed by atoms with Crippen molar-refractivity contribution >= 4 is 44.4 Å². The largest absolute Gasteiger partial charge is 0.410 e. The van der Waals surface area contributed by atoms with E-state index in [2.05, 4.69) is 21.2 Å². The number of nitrogens with one attached hydrogen (secondary N) is 1. The molecule has 0 radical (unpaired) electrons. The van der Waals surface area contributed by atoms with E-state index in [0.29, 0.717) is 24.9 Å². The fourth-order valence-corrected chi connectivity index (χ4v) is 2.41. The Labute approximate surface area is 137 Å². The second-order valence-electron chi connectivity index (χ2n) is 4.00. The molecule has 7 heteroatoms. The molecule has 110 valence electrons. The van der Waals surface area contributed by atoms with Gasteiger partial charge >= 0.3 is 6.18 Å². The van der Waals surface area contributed by atoms with E-state index in [0.717, 1.165) is 4.47 Å². The molecule has 1 rings (SSSR count). The third kappa shape index (κ3) is 7.28. The monoisotopic (exact) mass is 461 g/mol. The van der Waals surface area contributed by atoms with Crippen LogP contribution in [-0.2, 0) is 0 Å². The highest BCUT2D eigenvalue weighted by Crippen LogP contribution is 2.24. The van der Waals surface area contributed by atoms with Crippen molar-refractivity contribution in [3.63, 3.8) is 0 Å². The zero-order chi connectivity index (χ0) is 15.2. The summed E-state index contributed by atoms with van der Waals surface area (Å²) in [4.78, 5) is 11.7. The first-order valence-corrected chi connectivity index (χ1v) is 7.63. The molecular formula is C13H12BrF3INO. The summed E-state index contributed by atoms with van der Waals surface area (Å²) in [6, 6.07) is 6.85. The Morgan fingerprint density at radius 3 is 2.45 bits per heavy atom. The first-order valence-electron chi connectivity index (χ1n) is 5.75. The first-order chi connectivity index (χ1) is 9.28. The van der Waals surface area contributed by atoms with Crippen molar-refractivity contribution in [3.8, 4) is 0 Å². The molecular weight excluding hydrogens is 450 g/mol. The number of halogens is 5. The molecule has 0 aliphatic heterocycles. The van der Waals surface area contributed by atoms with Gasteiger partial charge in [0.1, 0.15) is 0 Å². The average molecular weight is 462 g/mol. The Hall–Kier alpha value is -0.570. The lowest BCUT2D eigenvalue weighted by Gasteiger charge is -2.06. The number of benzene rings is 1. The third-order valence-corrected chi connectivity index (χ3v) is 3.68. The lowest BCUT2D eigenvalue weighted by Crippen LogP contribution is -2.24. The molecule has 0 atom stereocenters. The average Bonchev–Trinajstić information content (AvgIpc) is 2.33. The normalized spacial score (nSPS) is 12.3. The molecule has 0 aromatic heterocycles. The molecule has 0 unspecified atom stereocenters. The van der Waals surface area contributed by atoms with E-state index in [9.17, 15) is 18.0 Å². The van der Waals surface area contributed by atoms with E-state index in [1.165, 1.54) is 0 Å². The van der Waals surface area contributed by atoms with Crippen LogP contribution in [0.5, 0.6) is 0 Å². The predicted molar refractivity (Wildman–Crippen MR) is 83.9 cm³/mol. The Morgan fingerprint density at radius 1 is 1.30 bits per heavy atom. The highest BCUT2D eigenvalue weighted by Gasteiger charge is 2.23. The molecule has 1 aromatic carbocycles. The number of hydrogen-bond acceptors (Lipinski definition) is 1. The molecule has 0 aliphatic carbocycles. The lowest BCUT2D eigenvalue weighted by atomic mass is 10.2. The van der Waals surface area contributed by atoms with Gasteiger partial charge in [0.05, 0.1) is 0 Å². The van der Waals surface area contributed by atoms with Gasteiger partial charge in [-0.15, -0.1) is 0 Å². The maximum atomic E-state index is 12.0. The molecule has 0 heterocycles. The quantitative estimate of drug-likeness (QED) is 0.493. The van der Waals surface area contributed by atoms with Gasteiger partial charge in [0.25, 0.3) is 5.91 Å². The minimum absolute atomic E-state index is 0.229. The number of rotatable bonds is 5. The molecule has 1 amide bonds. The van der Waals surface area contributed by atoms with E-state index in [1.54, 1.807) is 46.9 Å². The lowest BCUT2D eigenvalue weighted by molar-refractivity contribution is -0.0801. The topological polar surface area (TPSA) is 29.1 Å². The van der Waals surface area contributed by atoms with Crippen LogP contribution in [0.4, 0.5) is 13.2 Å². The molecule has 0 aliphatic rings. The van der Waals surface area contributed by atoms with Crippen LogP contribution in [0.15, 0.2) is 38.4 Å². The van der Waals surface area contributed by atoms with Crippen molar-refractivity contribution in [1.82, 2.24) is 5.32 Å². The molecule has 0 fully saturated rings. The molecule has 2 nitrogen and oxygen atoms in total. The third-order valence-electron chi connectivity index (χ3n) is 2.30. The van der Waals surface area contributed by atoms with E-state index in [1.807, 2.05) is 0 Å². The number of carbonyl (C=O) groups excluding carboxylic acids is 1. The summed E-state index contributed by atoms with van der Waals surface area (Å²) in [5.74, 6) is -0.229. The summed E-state index contributed by atoms with van der Waals surface area (Å²) in [5, 5.41) is 2.67. The van der Waals surface area contributed by atoms with Crippen molar-refractivity contribution in [3.05, 3.63) is 44.0 Å². The highest BCUT2D eigenvalue weighted by molar-refractivity contribution is 14.1. The Kier molecular flexibility index (Phi) is 7.01. The molecule has 0 spiro atoms. The van der Waals surface area contributed by atoms with Crippen LogP contribution in [0.25, 0.3) is 0 Å².